The van der Waals surface area contributed by atoms with Crippen LogP contribution in [0.4, 0.5) is 0 Å². The number of carbonyl (C=O) groups excluding carboxylic acids is 2. The number of ether oxygens (including phenoxy) is 1. The highest BCUT2D eigenvalue weighted by atomic mass is 16.5. The van der Waals surface area contributed by atoms with Gasteiger partial charge in [0.2, 0.25) is 5.78 Å². The summed E-state index contributed by atoms with van der Waals surface area (Å²) >= 11 is 0. The smallest absolute Gasteiger partial charge is 0.224 e. The Morgan fingerprint density at radius 3 is 1.62 bits per heavy atom. The van der Waals surface area contributed by atoms with E-state index < -0.39 is 0 Å². The molecule has 0 saturated heterocycles. The molecular weight excluding hydrogens is 596 g/mol. The zero-order valence-corrected chi connectivity index (χ0v) is 30.9. The first-order valence-corrected chi connectivity index (χ1v) is 19.7. The number of hydrogen-bond acceptors (Lipinski definition) is 5. The fourth-order valence-electron chi connectivity index (χ4n) is 6.83. The quantitative estimate of drug-likeness (QED) is 0.0506. The van der Waals surface area contributed by atoms with Crippen molar-refractivity contribution in [2.24, 2.45) is 0 Å². The lowest BCUT2D eigenvalue weighted by atomic mass is 9.82. The fourth-order valence-corrected chi connectivity index (χ4v) is 6.83. The minimum absolute atomic E-state index is 0.0312. The highest BCUT2D eigenvalue weighted by Gasteiger charge is 2.32. The van der Waals surface area contributed by atoms with Gasteiger partial charge in [0.1, 0.15) is 11.5 Å². The molecule has 0 atom stereocenters. The minimum Gasteiger partial charge on any atom is -0.508 e. The third-order valence-electron chi connectivity index (χ3n) is 9.70. The van der Waals surface area contributed by atoms with Crippen LogP contribution in [0.1, 0.15) is 185 Å². The van der Waals surface area contributed by atoms with Crippen molar-refractivity contribution in [2.45, 2.75) is 181 Å². The maximum Gasteiger partial charge on any atom is 0.224 e. The molecule has 1 aliphatic carbocycles. The zero-order chi connectivity index (χ0) is 34.8. The number of methoxy groups -OCH3 is 1. The SMILES string of the molecule is CCCCC=CCCCCCCCCCc1cc(O)cc(O)c1C1=C(CCCCCCCCCCCCCCC)C(=O)C(OC)=CC1=O. The van der Waals surface area contributed by atoms with Gasteiger partial charge >= 0.3 is 0 Å². The number of unbranched alkanes of at least 4 members (excludes halogenated alkanes) is 21. The number of aryl methyl sites for hydroxylation is 1. The van der Waals surface area contributed by atoms with Crippen LogP contribution in [-0.4, -0.2) is 28.9 Å². The summed E-state index contributed by atoms with van der Waals surface area (Å²) in [5.74, 6) is -0.723. The van der Waals surface area contributed by atoms with Gasteiger partial charge in [-0.15, -0.1) is 0 Å². The normalized spacial score (nSPS) is 13.6. The van der Waals surface area contributed by atoms with Gasteiger partial charge in [0.15, 0.2) is 11.5 Å². The average molecular weight is 665 g/mol. The number of benzene rings is 1. The van der Waals surface area contributed by atoms with Gasteiger partial charge in [-0.05, 0) is 56.6 Å². The van der Waals surface area contributed by atoms with Crippen molar-refractivity contribution in [3.63, 3.8) is 0 Å². The zero-order valence-electron chi connectivity index (χ0n) is 30.9. The van der Waals surface area contributed by atoms with E-state index in [9.17, 15) is 19.8 Å². The number of ketones is 2. The van der Waals surface area contributed by atoms with E-state index in [0.29, 0.717) is 24.0 Å². The van der Waals surface area contributed by atoms with Crippen molar-refractivity contribution in [3.8, 4) is 11.5 Å². The second-order valence-corrected chi connectivity index (χ2v) is 13.9. The van der Waals surface area contributed by atoms with Crippen LogP contribution in [0.25, 0.3) is 5.57 Å². The number of Topliss-reactive ketones (excluding diaryl/α,β-unsaturated/α-hetero) is 1. The highest BCUT2D eigenvalue weighted by molar-refractivity contribution is 6.37. The molecule has 0 unspecified atom stereocenters. The van der Waals surface area contributed by atoms with Crippen molar-refractivity contribution < 1.29 is 24.5 Å². The van der Waals surface area contributed by atoms with E-state index in [1.54, 1.807) is 6.07 Å². The van der Waals surface area contributed by atoms with Crippen molar-refractivity contribution in [1.82, 2.24) is 0 Å². The van der Waals surface area contributed by atoms with Gasteiger partial charge < -0.3 is 14.9 Å². The maximum atomic E-state index is 13.5. The molecule has 0 radical (unpaired) electrons. The van der Waals surface area contributed by atoms with E-state index in [0.717, 1.165) is 44.1 Å². The minimum atomic E-state index is -0.321. The Morgan fingerprint density at radius 2 is 1.08 bits per heavy atom. The van der Waals surface area contributed by atoms with Gasteiger partial charge in [-0.1, -0.05) is 148 Å². The van der Waals surface area contributed by atoms with Crippen LogP contribution in [0, 0.1) is 0 Å². The largest absolute Gasteiger partial charge is 0.508 e. The summed E-state index contributed by atoms with van der Waals surface area (Å²) in [7, 11) is 1.42. The van der Waals surface area contributed by atoms with Gasteiger partial charge in [-0.2, -0.15) is 0 Å². The summed E-state index contributed by atoms with van der Waals surface area (Å²) in [6.07, 6.45) is 35.9. The Bertz CT molecular complexity index is 1160. The second kappa shape index (κ2) is 26.1. The van der Waals surface area contributed by atoms with E-state index in [4.69, 9.17) is 4.74 Å². The van der Waals surface area contributed by atoms with Gasteiger partial charge in [0.25, 0.3) is 0 Å². The average Bonchev–Trinajstić information content (AvgIpc) is 3.07. The summed E-state index contributed by atoms with van der Waals surface area (Å²) in [5, 5.41) is 21.4. The van der Waals surface area contributed by atoms with Gasteiger partial charge in [0.05, 0.1) is 7.11 Å². The summed E-state index contributed by atoms with van der Waals surface area (Å²) in [5.41, 5.74) is 1.81. The van der Waals surface area contributed by atoms with Crippen LogP contribution in [0.3, 0.4) is 0 Å². The monoisotopic (exact) mass is 665 g/mol. The molecule has 1 aromatic carbocycles. The fraction of sp³-hybridized carbons (Fsp3) is 0.674. The van der Waals surface area contributed by atoms with E-state index >= 15 is 0 Å². The van der Waals surface area contributed by atoms with E-state index in [1.807, 2.05) is 0 Å². The maximum absolute atomic E-state index is 13.5. The Hall–Kier alpha value is -2.82. The predicted octanol–water partition coefficient (Wildman–Crippen LogP) is 12.4. The highest BCUT2D eigenvalue weighted by Crippen LogP contribution is 2.40. The number of carbonyl (C=O) groups is 2. The van der Waals surface area contributed by atoms with Gasteiger partial charge in [-0.3, -0.25) is 9.59 Å². The number of phenolic OH excluding ortho intramolecular Hbond substituents is 2. The van der Waals surface area contributed by atoms with Crippen LogP contribution >= 0.6 is 0 Å². The van der Waals surface area contributed by atoms with E-state index in [-0.39, 0.29) is 34.4 Å². The lowest BCUT2D eigenvalue weighted by Gasteiger charge is -2.22. The molecule has 0 amide bonds. The summed E-state index contributed by atoms with van der Waals surface area (Å²) < 4.78 is 5.29. The third kappa shape index (κ3) is 16.1. The van der Waals surface area contributed by atoms with Crippen molar-refractivity contribution >= 4 is 17.1 Å². The Kier molecular flexibility index (Phi) is 22.5. The number of phenols is 2. The number of allylic oxidation sites excluding steroid dienone is 5. The number of rotatable bonds is 29. The topological polar surface area (TPSA) is 83.8 Å². The Balaban J connectivity index is 1.91. The van der Waals surface area contributed by atoms with Crippen molar-refractivity contribution in [1.29, 1.82) is 0 Å². The molecule has 0 bridgehead atoms. The molecule has 5 nitrogen and oxygen atoms in total. The van der Waals surface area contributed by atoms with Gasteiger partial charge in [-0.25, -0.2) is 0 Å². The van der Waals surface area contributed by atoms with Crippen LogP contribution in [0.5, 0.6) is 11.5 Å². The molecule has 270 valence electrons. The molecule has 0 aliphatic heterocycles. The first kappa shape index (κ1) is 41.4. The molecule has 0 fully saturated rings. The van der Waals surface area contributed by atoms with E-state index in [1.165, 1.54) is 135 Å². The summed E-state index contributed by atoms with van der Waals surface area (Å²) in [6.45, 7) is 4.48. The van der Waals surface area contributed by atoms with Crippen LogP contribution in [0.15, 0.2) is 41.7 Å². The first-order chi connectivity index (χ1) is 23.4. The molecule has 0 saturated carbocycles. The van der Waals surface area contributed by atoms with Gasteiger partial charge in [0, 0.05) is 28.9 Å². The number of aromatic hydroxyl groups is 2. The molecular formula is C43H68O5. The molecule has 1 aromatic rings. The predicted molar refractivity (Wildman–Crippen MR) is 201 cm³/mol. The standard InChI is InChI=1S/C43H68O5/c1-4-6-8-10-12-14-16-18-20-22-24-26-28-30-35-32-36(44)33-38(45)41(35)42-37(43(47)40(48-3)34-39(42)46)31-29-27-25-23-21-19-17-15-13-11-9-7-5-2/h10,12,32-34,44-45H,4-9,11,13-31H2,1-3H3. The van der Waals surface area contributed by atoms with Crippen molar-refractivity contribution in [2.75, 3.05) is 7.11 Å². The molecule has 0 aromatic heterocycles. The Labute approximate surface area is 293 Å². The molecule has 5 heteroatoms. The lowest BCUT2D eigenvalue weighted by Crippen LogP contribution is -2.20. The second-order valence-electron chi connectivity index (χ2n) is 13.9. The molecule has 0 heterocycles. The first-order valence-electron chi connectivity index (χ1n) is 19.7. The van der Waals surface area contributed by atoms with Crippen LogP contribution < -0.4 is 0 Å². The lowest BCUT2D eigenvalue weighted by molar-refractivity contribution is -0.117. The number of hydrogen-bond donors (Lipinski definition) is 2. The molecule has 0 spiro atoms. The third-order valence-corrected chi connectivity index (χ3v) is 9.70. The molecule has 2 N–H and O–H groups in total. The van der Waals surface area contributed by atoms with E-state index in [2.05, 4.69) is 26.0 Å². The molecule has 1 aliphatic rings. The molecule has 48 heavy (non-hydrogen) atoms. The summed E-state index contributed by atoms with van der Waals surface area (Å²) in [4.78, 5) is 27.0. The van der Waals surface area contributed by atoms with Crippen molar-refractivity contribution in [3.05, 3.63) is 52.8 Å². The van der Waals surface area contributed by atoms with Crippen LogP contribution in [-0.2, 0) is 20.7 Å². The summed E-state index contributed by atoms with van der Waals surface area (Å²) in [6, 6.07) is 2.92. The Morgan fingerprint density at radius 1 is 0.604 bits per heavy atom. The molecule has 2 rings (SSSR count). The van der Waals surface area contributed by atoms with Crippen LogP contribution in [0.2, 0.25) is 0 Å².